The van der Waals surface area contributed by atoms with Crippen LogP contribution in [0.5, 0.6) is 11.5 Å². The summed E-state index contributed by atoms with van der Waals surface area (Å²) >= 11 is 0. The van der Waals surface area contributed by atoms with E-state index in [0.717, 1.165) is 48.9 Å². The normalized spacial score (nSPS) is 21.4. The highest BCUT2D eigenvalue weighted by molar-refractivity contribution is 5.70. The standard InChI is InChI=1S/C14H23NO2.C8H10O2/c1-3-4-5-14(16)17-12-7-6-11-8-9-15(2)13(11)10-12;1-9-7-5-3-4-6-8(7)10-2/h7,11,13H,3-6,8-10H2,1-2H3;3-6H,1-2H3. The summed E-state index contributed by atoms with van der Waals surface area (Å²) in [6.07, 6.45) is 7.93. The fourth-order valence-electron chi connectivity index (χ4n) is 3.65. The summed E-state index contributed by atoms with van der Waals surface area (Å²) in [5.74, 6) is 3.16. The number of rotatable bonds is 6. The van der Waals surface area contributed by atoms with Crippen LogP contribution in [0.15, 0.2) is 36.1 Å². The van der Waals surface area contributed by atoms with Crippen LogP contribution in [0.3, 0.4) is 0 Å². The highest BCUT2D eigenvalue weighted by Gasteiger charge is 2.34. The first-order valence-electron chi connectivity index (χ1n) is 9.86. The van der Waals surface area contributed by atoms with Crippen molar-refractivity contribution in [2.24, 2.45) is 5.92 Å². The molecule has 1 aliphatic heterocycles. The number of likely N-dealkylation sites (tertiary alicyclic amines) is 1. The van der Waals surface area contributed by atoms with Crippen molar-refractivity contribution in [2.45, 2.75) is 51.5 Å². The number of nitrogens with zero attached hydrogens (tertiary/aromatic N) is 1. The molecule has 2 atom stereocenters. The van der Waals surface area contributed by atoms with Gasteiger partial charge < -0.3 is 19.1 Å². The Balaban J connectivity index is 0.000000223. The second kappa shape index (κ2) is 11.0. The van der Waals surface area contributed by atoms with E-state index in [9.17, 15) is 4.79 Å². The summed E-state index contributed by atoms with van der Waals surface area (Å²) in [5, 5.41) is 0. The number of methoxy groups -OCH3 is 2. The van der Waals surface area contributed by atoms with Crippen molar-refractivity contribution < 1.29 is 19.0 Å². The number of carbonyl (C=O) groups is 1. The molecule has 0 radical (unpaired) electrons. The van der Waals surface area contributed by atoms with E-state index in [0.29, 0.717) is 12.5 Å². The number of ether oxygens (including phenoxy) is 3. The molecule has 3 rings (SSSR count). The number of carbonyl (C=O) groups excluding carboxylic acids is 1. The average Bonchev–Trinajstić information content (AvgIpc) is 3.07. The molecule has 0 bridgehead atoms. The van der Waals surface area contributed by atoms with Crippen LogP contribution in [0, 0.1) is 5.92 Å². The molecule has 5 nitrogen and oxygen atoms in total. The number of hydrogen-bond acceptors (Lipinski definition) is 5. The maximum atomic E-state index is 11.6. The largest absolute Gasteiger partial charge is 0.493 e. The third-order valence-electron chi connectivity index (χ3n) is 5.29. The Hall–Kier alpha value is -2.01. The van der Waals surface area contributed by atoms with Crippen LogP contribution < -0.4 is 9.47 Å². The van der Waals surface area contributed by atoms with Gasteiger partial charge in [-0.25, -0.2) is 0 Å². The molecule has 150 valence electrons. The van der Waals surface area contributed by atoms with Gasteiger partial charge in [-0.05, 0) is 57.0 Å². The van der Waals surface area contributed by atoms with Crippen LogP contribution in [0.1, 0.15) is 45.4 Å². The molecule has 1 aromatic carbocycles. The fourth-order valence-corrected chi connectivity index (χ4v) is 3.65. The lowest BCUT2D eigenvalue weighted by atomic mass is 9.89. The number of hydrogen-bond donors (Lipinski definition) is 0. The van der Waals surface area contributed by atoms with E-state index in [1.807, 2.05) is 24.3 Å². The highest BCUT2D eigenvalue weighted by Crippen LogP contribution is 2.35. The summed E-state index contributed by atoms with van der Waals surface area (Å²) in [7, 11) is 5.42. The van der Waals surface area contributed by atoms with Gasteiger partial charge in [-0.2, -0.15) is 0 Å². The number of esters is 1. The molecule has 27 heavy (non-hydrogen) atoms. The van der Waals surface area contributed by atoms with Crippen LogP contribution in [-0.4, -0.2) is 44.7 Å². The molecule has 2 unspecified atom stereocenters. The van der Waals surface area contributed by atoms with Crippen molar-refractivity contribution in [1.82, 2.24) is 4.90 Å². The van der Waals surface area contributed by atoms with Gasteiger partial charge in [0.1, 0.15) is 5.76 Å². The Kier molecular flexibility index (Phi) is 8.65. The van der Waals surface area contributed by atoms with Gasteiger partial charge in [0.2, 0.25) is 0 Å². The first-order valence-corrected chi connectivity index (χ1v) is 9.86. The molecule has 0 N–H and O–H groups in total. The first-order chi connectivity index (χ1) is 13.1. The van der Waals surface area contributed by atoms with E-state index in [4.69, 9.17) is 14.2 Å². The molecule has 1 aliphatic carbocycles. The van der Waals surface area contributed by atoms with Crippen molar-refractivity contribution in [3.8, 4) is 11.5 Å². The van der Waals surface area contributed by atoms with Gasteiger partial charge >= 0.3 is 5.97 Å². The maximum Gasteiger partial charge on any atom is 0.310 e. The summed E-state index contributed by atoms with van der Waals surface area (Å²) in [6.45, 7) is 3.27. The number of fused-ring (bicyclic) bond motifs is 1. The molecule has 0 spiro atoms. The minimum atomic E-state index is -0.0581. The van der Waals surface area contributed by atoms with Gasteiger partial charge in [-0.15, -0.1) is 0 Å². The molecular formula is C22H33NO4. The molecular weight excluding hydrogens is 342 g/mol. The third kappa shape index (κ3) is 6.28. The Bertz CT molecular complexity index is 605. The quantitative estimate of drug-likeness (QED) is 0.689. The van der Waals surface area contributed by atoms with Crippen molar-refractivity contribution in [3.63, 3.8) is 0 Å². The number of benzene rings is 1. The molecule has 2 aliphatic rings. The second-order valence-electron chi connectivity index (χ2n) is 7.14. The molecule has 0 saturated carbocycles. The molecule has 1 saturated heterocycles. The lowest BCUT2D eigenvalue weighted by Gasteiger charge is -2.28. The second-order valence-corrected chi connectivity index (χ2v) is 7.14. The molecule has 1 heterocycles. The van der Waals surface area contributed by atoms with Crippen LogP contribution >= 0.6 is 0 Å². The van der Waals surface area contributed by atoms with Crippen molar-refractivity contribution >= 4 is 5.97 Å². The Morgan fingerprint density at radius 2 is 1.85 bits per heavy atom. The Labute approximate surface area is 163 Å². The zero-order chi connectivity index (χ0) is 19.6. The maximum absolute atomic E-state index is 11.6. The molecule has 0 aromatic heterocycles. The van der Waals surface area contributed by atoms with Crippen molar-refractivity contribution in [2.75, 3.05) is 27.8 Å². The summed E-state index contributed by atoms with van der Waals surface area (Å²) in [4.78, 5) is 14.0. The summed E-state index contributed by atoms with van der Waals surface area (Å²) in [6, 6.07) is 8.12. The Morgan fingerprint density at radius 1 is 1.19 bits per heavy atom. The highest BCUT2D eigenvalue weighted by atomic mass is 16.5. The van der Waals surface area contributed by atoms with Crippen molar-refractivity contribution in [3.05, 3.63) is 36.1 Å². The van der Waals surface area contributed by atoms with Gasteiger partial charge in [-0.1, -0.05) is 25.5 Å². The number of unbranched alkanes of at least 4 members (excludes halogenated alkanes) is 1. The van der Waals surface area contributed by atoms with E-state index in [1.54, 1.807) is 14.2 Å². The monoisotopic (exact) mass is 375 g/mol. The van der Waals surface area contributed by atoms with E-state index in [1.165, 1.54) is 13.0 Å². The zero-order valence-electron chi connectivity index (χ0n) is 17.1. The first kappa shape index (κ1) is 21.3. The van der Waals surface area contributed by atoms with Crippen LogP contribution in [0.25, 0.3) is 0 Å². The lowest BCUT2D eigenvalue weighted by molar-refractivity contribution is -0.140. The zero-order valence-corrected chi connectivity index (χ0v) is 17.1. The van der Waals surface area contributed by atoms with E-state index < -0.39 is 0 Å². The van der Waals surface area contributed by atoms with Gasteiger partial charge in [0.05, 0.1) is 14.2 Å². The molecule has 5 heteroatoms. The smallest absolute Gasteiger partial charge is 0.310 e. The van der Waals surface area contributed by atoms with Gasteiger partial charge in [0.15, 0.2) is 11.5 Å². The van der Waals surface area contributed by atoms with Gasteiger partial charge in [0, 0.05) is 18.9 Å². The molecule has 1 aromatic rings. The van der Waals surface area contributed by atoms with Crippen molar-refractivity contribution in [1.29, 1.82) is 0 Å². The lowest BCUT2D eigenvalue weighted by Crippen LogP contribution is -2.32. The van der Waals surface area contributed by atoms with Gasteiger partial charge in [0.25, 0.3) is 0 Å². The van der Waals surface area contributed by atoms with Gasteiger partial charge in [-0.3, -0.25) is 4.79 Å². The predicted molar refractivity (Wildman–Crippen MR) is 107 cm³/mol. The van der Waals surface area contributed by atoms with E-state index >= 15 is 0 Å². The predicted octanol–water partition coefficient (Wildman–Crippen LogP) is 4.42. The minimum absolute atomic E-state index is 0.0581. The van der Waals surface area contributed by atoms with Crippen LogP contribution in [0.2, 0.25) is 0 Å². The Morgan fingerprint density at radius 3 is 2.44 bits per heavy atom. The number of para-hydroxylation sites is 2. The summed E-state index contributed by atoms with van der Waals surface area (Å²) in [5.41, 5.74) is 0. The SMILES string of the molecule is CCCCC(=O)OC1=CCC2CCN(C)C2C1.COc1ccccc1OC. The van der Waals surface area contributed by atoms with Crippen LogP contribution in [0.4, 0.5) is 0 Å². The third-order valence-corrected chi connectivity index (χ3v) is 5.29. The van der Waals surface area contributed by atoms with E-state index in [-0.39, 0.29) is 5.97 Å². The topological polar surface area (TPSA) is 48.0 Å². The minimum Gasteiger partial charge on any atom is -0.493 e. The molecule has 0 amide bonds. The fraction of sp³-hybridized carbons (Fsp3) is 0.591. The van der Waals surface area contributed by atoms with E-state index in [2.05, 4.69) is 24.9 Å². The summed E-state index contributed by atoms with van der Waals surface area (Å²) < 4.78 is 15.5. The molecule has 1 fully saturated rings. The number of allylic oxidation sites excluding steroid dienone is 1. The average molecular weight is 376 g/mol. The van der Waals surface area contributed by atoms with Crippen LogP contribution in [-0.2, 0) is 9.53 Å².